The Morgan fingerprint density at radius 2 is 1.94 bits per heavy atom. The van der Waals surface area contributed by atoms with Crippen LogP contribution in [0.3, 0.4) is 0 Å². The molecule has 0 aliphatic heterocycles. The first kappa shape index (κ1) is 23.1. The number of hydrogen-bond donors (Lipinski definition) is 2. The standard InChI is InChI=1S/C26H33N5O2/c1-4-18-7-6-17(10-19(18)5-2)16-33-24-9-8-23(27)25(24)30-26(32)21-11-20(12-28-13-21)22-14-29-31(3)15-22/h6-7,10-15,23-25H,4-5,8-9,16,27H2,1-3H3,(H,30,32)/t23?,24-,25-/m0/s1. The van der Waals surface area contributed by atoms with Crippen LogP contribution >= 0.6 is 0 Å². The maximum absolute atomic E-state index is 13.0. The van der Waals surface area contributed by atoms with Gasteiger partial charge in [0.2, 0.25) is 0 Å². The van der Waals surface area contributed by atoms with Crippen molar-refractivity contribution in [2.24, 2.45) is 12.8 Å². The highest BCUT2D eigenvalue weighted by Gasteiger charge is 2.36. The average Bonchev–Trinajstić information content (AvgIpc) is 3.43. The highest BCUT2D eigenvalue weighted by atomic mass is 16.5. The fourth-order valence-electron chi connectivity index (χ4n) is 4.55. The van der Waals surface area contributed by atoms with Gasteiger partial charge in [0, 0.05) is 42.8 Å². The predicted octanol–water partition coefficient (Wildman–Crippen LogP) is 3.41. The molecule has 1 amide bonds. The number of rotatable bonds is 8. The fourth-order valence-corrected chi connectivity index (χ4v) is 4.55. The Morgan fingerprint density at radius 1 is 1.12 bits per heavy atom. The van der Waals surface area contributed by atoms with Gasteiger partial charge in [0.1, 0.15) is 0 Å². The summed E-state index contributed by atoms with van der Waals surface area (Å²) in [6, 6.07) is 8.02. The van der Waals surface area contributed by atoms with Gasteiger partial charge in [0.15, 0.2) is 0 Å². The van der Waals surface area contributed by atoms with Gasteiger partial charge in [-0.3, -0.25) is 14.5 Å². The molecule has 1 aromatic carbocycles. The largest absolute Gasteiger partial charge is 0.371 e. The van der Waals surface area contributed by atoms with Crippen LogP contribution in [0.2, 0.25) is 0 Å². The molecule has 2 aromatic heterocycles. The van der Waals surface area contributed by atoms with Gasteiger partial charge in [-0.15, -0.1) is 0 Å². The molecule has 1 unspecified atom stereocenters. The minimum atomic E-state index is -0.236. The van der Waals surface area contributed by atoms with E-state index in [4.69, 9.17) is 10.5 Å². The summed E-state index contributed by atoms with van der Waals surface area (Å²) < 4.78 is 7.98. The third-order valence-electron chi connectivity index (χ3n) is 6.48. The van der Waals surface area contributed by atoms with Crippen molar-refractivity contribution in [3.05, 3.63) is 71.3 Å². The van der Waals surface area contributed by atoms with Crippen molar-refractivity contribution in [2.75, 3.05) is 0 Å². The van der Waals surface area contributed by atoms with Crippen LogP contribution in [0.5, 0.6) is 0 Å². The first-order valence-electron chi connectivity index (χ1n) is 11.7. The van der Waals surface area contributed by atoms with E-state index in [1.165, 1.54) is 11.1 Å². The fraction of sp³-hybridized carbons (Fsp3) is 0.423. The molecular weight excluding hydrogens is 414 g/mol. The first-order valence-corrected chi connectivity index (χ1v) is 11.7. The number of nitrogens with one attached hydrogen (secondary N) is 1. The molecule has 3 aromatic rings. The number of aromatic nitrogens is 3. The molecule has 0 saturated heterocycles. The van der Waals surface area contributed by atoms with Crippen molar-refractivity contribution >= 4 is 5.91 Å². The highest BCUT2D eigenvalue weighted by Crippen LogP contribution is 2.25. The molecule has 1 aliphatic rings. The number of amides is 1. The summed E-state index contributed by atoms with van der Waals surface area (Å²) in [7, 11) is 1.86. The summed E-state index contributed by atoms with van der Waals surface area (Å²) in [6.07, 6.45) is 10.5. The van der Waals surface area contributed by atoms with Gasteiger partial charge in [-0.25, -0.2) is 0 Å². The second kappa shape index (κ2) is 10.3. The van der Waals surface area contributed by atoms with Crippen LogP contribution in [0.25, 0.3) is 11.1 Å². The molecule has 7 nitrogen and oxygen atoms in total. The summed E-state index contributed by atoms with van der Waals surface area (Å²) in [5, 5.41) is 7.30. The SMILES string of the molecule is CCc1ccc(CO[C@H]2CCC(N)[C@@H]2NC(=O)c2cncc(-c3cnn(C)c3)c2)cc1CC. The molecule has 3 atom stereocenters. The minimum absolute atomic E-state index is 0.116. The maximum Gasteiger partial charge on any atom is 0.253 e. The zero-order valence-corrected chi connectivity index (χ0v) is 19.6. The Kier molecular flexibility index (Phi) is 7.20. The molecular formula is C26H33N5O2. The van der Waals surface area contributed by atoms with E-state index in [-0.39, 0.29) is 24.1 Å². The Bertz CT molecular complexity index is 1110. The molecule has 1 fully saturated rings. The molecule has 1 aliphatic carbocycles. The smallest absolute Gasteiger partial charge is 0.253 e. The lowest BCUT2D eigenvalue weighted by Crippen LogP contribution is -2.50. The van der Waals surface area contributed by atoms with Crippen LogP contribution in [0.4, 0.5) is 0 Å². The molecule has 0 spiro atoms. The number of carbonyl (C=O) groups excluding carboxylic acids is 1. The zero-order valence-electron chi connectivity index (χ0n) is 19.6. The number of benzene rings is 1. The number of nitrogens with two attached hydrogens (primary N) is 1. The average molecular weight is 448 g/mol. The number of nitrogens with zero attached hydrogens (tertiary/aromatic N) is 3. The van der Waals surface area contributed by atoms with E-state index in [1.807, 2.05) is 19.3 Å². The van der Waals surface area contributed by atoms with Crippen LogP contribution < -0.4 is 11.1 Å². The van der Waals surface area contributed by atoms with Crippen molar-refractivity contribution in [3.8, 4) is 11.1 Å². The molecule has 1 saturated carbocycles. The van der Waals surface area contributed by atoms with Gasteiger partial charge in [-0.05, 0) is 48.4 Å². The van der Waals surface area contributed by atoms with Crippen molar-refractivity contribution in [3.63, 3.8) is 0 Å². The van der Waals surface area contributed by atoms with E-state index in [0.29, 0.717) is 12.2 Å². The van der Waals surface area contributed by atoms with Gasteiger partial charge in [-0.2, -0.15) is 5.10 Å². The van der Waals surface area contributed by atoms with Crippen molar-refractivity contribution in [1.82, 2.24) is 20.1 Å². The van der Waals surface area contributed by atoms with Crippen LogP contribution in [0.15, 0.2) is 49.1 Å². The molecule has 2 heterocycles. The van der Waals surface area contributed by atoms with Crippen molar-refractivity contribution in [2.45, 2.75) is 64.3 Å². The summed E-state index contributed by atoms with van der Waals surface area (Å²) in [5.41, 5.74) is 12.5. The van der Waals surface area contributed by atoms with Crippen molar-refractivity contribution in [1.29, 1.82) is 0 Å². The van der Waals surface area contributed by atoms with E-state index in [2.05, 4.69) is 47.4 Å². The Balaban J connectivity index is 1.42. The topological polar surface area (TPSA) is 95.1 Å². The molecule has 7 heteroatoms. The first-order chi connectivity index (χ1) is 16.0. The quantitative estimate of drug-likeness (QED) is 0.552. The van der Waals surface area contributed by atoms with Crippen LogP contribution in [-0.4, -0.2) is 38.9 Å². The van der Waals surface area contributed by atoms with Gasteiger partial charge in [0.25, 0.3) is 5.91 Å². The van der Waals surface area contributed by atoms with Crippen molar-refractivity contribution < 1.29 is 9.53 Å². The Labute approximate surface area is 195 Å². The normalized spacial score (nSPS) is 20.2. The van der Waals surface area contributed by atoms with Gasteiger partial charge >= 0.3 is 0 Å². The Hall–Kier alpha value is -3.03. The minimum Gasteiger partial charge on any atom is -0.371 e. The van der Waals surface area contributed by atoms with E-state index < -0.39 is 0 Å². The molecule has 0 radical (unpaired) electrons. The number of aryl methyl sites for hydroxylation is 3. The monoisotopic (exact) mass is 447 g/mol. The highest BCUT2D eigenvalue weighted by molar-refractivity contribution is 5.95. The van der Waals surface area contributed by atoms with E-state index in [0.717, 1.165) is 42.4 Å². The number of carbonyl (C=O) groups is 1. The lowest BCUT2D eigenvalue weighted by Gasteiger charge is -2.24. The third kappa shape index (κ3) is 5.31. The molecule has 4 rings (SSSR count). The maximum atomic E-state index is 13.0. The third-order valence-corrected chi connectivity index (χ3v) is 6.48. The predicted molar refractivity (Wildman–Crippen MR) is 129 cm³/mol. The number of pyridine rings is 1. The number of hydrogen-bond acceptors (Lipinski definition) is 5. The van der Waals surface area contributed by atoms with Gasteiger partial charge in [-0.1, -0.05) is 32.0 Å². The van der Waals surface area contributed by atoms with Gasteiger partial charge in [0.05, 0.1) is 30.5 Å². The Morgan fingerprint density at radius 3 is 2.67 bits per heavy atom. The van der Waals surface area contributed by atoms with Crippen LogP contribution in [0, 0.1) is 0 Å². The lowest BCUT2D eigenvalue weighted by molar-refractivity contribution is 0.0256. The summed E-state index contributed by atoms with van der Waals surface area (Å²) in [6.45, 7) is 4.87. The second-order valence-electron chi connectivity index (χ2n) is 8.77. The van der Waals surface area contributed by atoms with Crippen LogP contribution in [-0.2, 0) is 31.2 Å². The second-order valence-corrected chi connectivity index (χ2v) is 8.77. The molecule has 3 N–H and O–H groups in total. The van der Waals surface area contributed by atoms with E-state index in [9.17, 15) is 4.79 Å². The lowest BCUT2D eigenvalue weighted by atomic mass is 10.0. The summed E-state index contributed by atoms with van der Waals surface area (Å²) in [4.78, 5) is 17.3. The van der Waals surface area contributed by atoms with E-state index in [1.54, 1.807) is 23.3 Å². The van der Waals surface area contributed by atoms with Gasteiger partial charge < -0.3 is 15.8 Å². The summed E-state index contributed by atoms with van der Waals surface area (Å²) >= 11 is 0. The number of ether oxygens (including phenoxy) is 1. The molecule has 174 valence electrons. The van der Waals surface area contributed by atoms with E-state index >= 15 is 0 Å². The zero-order chi connectivity index (χ0) is 23.4. The summed E-state index contributed by atoms with van der Waals surface area (Å²) in [5.74, 6) is -0.190. The molecule has 0 bridgehead atoms. The van der Waals surface area contributed by atoms with Crippen LogP contribution in [0.1, 0.15) is 53.7 Å². The molecule has 33 heavy (non-hydrogen) atoms.